The Bertz CT molecular complexity index is 2120. The summed E-state index contributed by atoms with van der Waals surface area (Å²) in [6.07, 6.45) is 3.91. The van der Waals surface area contributed by atoms with Gasteiger partial charge in [0.2, 0.25) is 0 Å². The lowest BCUT2D eigenvalue weighted by molar-refractivity contribution is 0.593. The molecule has 4 heteroatoms. The number of hydrogen-bond acceptors (Lipinski definition) is 3. The smallest absolute Gasteiger partial charge is 0.115 e. The molecule has 43 heavy (non-hydrogen) atoms. The van der Waals surface area contributed by atoms with Crippen molar-refractivity contribution in [1.82, 2.24) is 19.5 Å². The second kappa shape index (κ2) is 8.26. The van der Waals surface area contributed by atoms with E-state index >= 15 is 0 Å². The van der Waals surface area contributed by atoms with E-state index in [0.29, 0.717) is 0 Å². The summed E-state index contributed by atoms with van der Waals surface area (Å²) >= 11 is 0. The lowest BCUT2D eigenvalue weighted by Gasteiger charge is -2.42. The van der Waals surface area contributed by atoms with Crippen LogP contribution in [0.1, 0.15) is 49.9 Å². The molecular weight excluding hydrogens is 524 g/mol. The monoisotopic (exact) mass is 554 g/mol. The molecule has 4 aromatic heterocycles. The van der Waals surface area contributed by atoms with Gasteiger partial charge >= 0.3 is 0 Å². The first-order valence-electron chi connectivity index (χ1n) is 15.0. The first-order chi connectivity index (χ1) is 20.8. The maximum atomic E-state index is 5.15. The van der Waals surface area contributed by atoms with Crippen molar-refractivity contribution >= 4 is 22.1 Å². The Morgan fingerprint density at radius 2 is 0.930 bits per heavy atom. The van der Waals surface area contributed by atoms with Crippen LogP contribution in [0.3, 0.4) is 0 Å². The fourth-order valence-electron chi connectivity index (χ4n) is 7.55. The zero-order valence-electron chi connectivity index (χ0n) is 24.7. The summed E-state index contributed by atoms with van der Waals surface area (Å²) in [5.41, 5.74) is 17.0. The summed E-state index contributed by atoms with van der Waals surface area (Å²) in [6, 6.07) is 34.8. The third-order valence-corrected chi connectivity index (χ3v) is 9.84. The molecule has 0 atom stereocenters. The van der Waals surface area contributed by atoms with Crippen LogP contribution in [0.2, 0.25) is 0 Å². The molecule has 0 spiro atoms. The minimum absolute atomic E-state index is 0.225. The molecule has 0 fully saturated rings. The van der Waals surface area contributed by atoms with Gasteiger partial charge in [0.1, 0.15) is 11.0 Å². The molecule has 0 bridgehead atoms. The van der Waals surface area contributed by atoms with E-state index in [-0.39, 0.29) is 10.8 Å². The number of aromatic nitrogens is 4. The van der Waals surface area contributed by atoms with Crippen molar-refractivity contribution in [3.05, 3.63) is 132 Å². The summed E-state index contributed by atoms with van der Waals surface area (Å²) in [4.78, 5) is 14.9. The molecule has 2 aliphatic heterocycles. The number of nitrogens with zero attached hydrogens (tertiary/aromatic N) is 4. The van der Waals surface area contributed by atoms with Crippen LogP contribution in [0, 0.1) is 0 Å². The van der Waals surface area contributed by atoms with E-state index in [1.165, 1.54) is 50.1 Å². The average Bonchev–Trinajstić information content (AvgIpc) is 3.38. The Morgan fingerprint density at radius 1 is 0.488 bits per heavy atom. The Morgan fingerprint density at radius 3 is 1.40 bits per heavy atom. The first-order valence-corrected chi connectivity index (χ1v) is 15.0. The van der Waals surface area contributed by atoms with Gasteiger partial charge < -0.3 is 4.57 Å². The topological polar surface area (TPSA) is 43.6 Å². The highest BCUT2D eigenvalue weighted by atomic mass is 15.1. The fourth-order valence-corrected chi connectivity index (χ4v) is 7.55. The SMILES string of the molecule is CC1(C)c2cc(-c3cc(-c4ccccc4)nc(-c4ccccc4)c3)cc3c2-n2c4c1ccnc4c1nccc(c12)C3(C)C. The normalized spacial score (nSPS) is 15.3. The van der Waals surface area contributed by atoms with E-state index in [1.807, 2.05) is 12.4 Å². The maximum absolute atomic E-state index is 5.15. The van der Waals surface area contributed by atoms with Crippen LogP contribution in [0.15, 0.2) is 109 Å². The second-order valence-electron chi connectivity index (χ2n) is 13.0. The van der Waals surface area contributed by atoms with Gasteiger partial charge in [-0.2, -0.15) is 0 Å². The lowest BCUT2D eigenvalue weighted by Crippen LogP contribution is -2.33. The summed E-state index contributed by atoms with van der Waals surface area (Å²) in [5.74, 6) is 0. The molecule has 9 rings (SSSR count). The van der Waals surface area contributed by atoms with Gasteiger partial charge in [-0.1, -0.05) is 88.4 Å². The van der Waals surface area contributed by atoms with Crippen LogP contribution in [0.4, 0.5) is 0 Å². The van der Waals surface area contributed by atoms with Crippen molar-refractivity contribution < 1.29 is 0 Å². The van der Waals surface area contributed by atoms with Crippen molar-refractivity contribution in [3.63, 3.8) is 0 Å². The van der Waals surface area contributed by atoms with Gasteiger partial charge in [-0.15, -0.1) is 0 Å². The predicted molar refractivity (Wildman–Crippen MR) is 175 cm³/mol. The first kappa shape index (κ1) is 24.5. The number of rotatable bonds is 3. The molecule has 0 amide bonds. The van der Waals surface area contributed by atoms with Gasteiger partial charge in [-0.05, 0) is 69.8 Å². The van der Waals surface area contributed by atoms with Gasteiger partial charge in [0, 0.05) is 34.4 Å². The third kappa shape index (κ3) is 3.18. The number of benzene rings is 3. The molecular formula is C39H30N4. The molecule has 206 valence electrons. The molecule has 7 aromatic rings. The highest BCUT2D eigenvalue weighted by molar-refractivity contribution is 6.10. The van der Waals surface area contributed by atoms with Crippen LogP contribution in [-0.4, -0.2) is 19.5 Å². The Kier molecular flexibility index (Phi) is 4.71. The molecule has 0 saturated carbocycles. The molecule has 2 aliphatic rings. The summed E-state index contributed by atoms with van der Waals surface area (Å²) in [7, 11) is 0. The van der Waals surface area contributed by atoms with Crippen LogP contribution in [-0.2, 0) is 10.8 Å². The van der Waals surface area contributed by atoms with Gasteiger partial charge in [-0.3, -0.25) is 9.97 Å². The minimum Gasteiger partial charge on any atom is -0.305 e. The van der Waals surface area contributed by atoms with E-state index in [0.717, 1.165) is 33.5 Å². The summed E-state index contributed by atoms with van der Waals surface area (Å²) < 4.78 is 2.47. The van der Waals surface area contributed by atoms with Crippen molar-refractivity contribution in [1.29, 1.82) is 0 Å². The van der Waals surface area contributed by atoms with Gasteiger partial charge in [0.15, 0.2) is 0 Å². The molecule has 0 unspecified atom stereocenters. The summed E-state index contributed by atoms with van der Waals surface area (Å²) in [5, 5.41) is 0. The lowest BCUT2D eigenvalue weighted by atomic mass is 9.68. The number of fused-ring (bicyclic) bond motifs is 1. The minimum atomic E-state index is -0.225. The quantitative estimate of drug-likeness (QED) is 0.219. The molecule has 0 radical (unpaired) electrons. The standard InChI is InChI=1S/C39H30N4/c1-38(2)27-15-17-40-33-34-37-28(16-18-41-34)39(3,4)30-20-25(19-29(38)35(30)43(37)36(27)33)26-21-31(23-11-7-5-8-12-23)42-32(22-26)24-13-9-6-10-14-24/h5-22H,1-4H3. The molecule has 3 aromatic carbocycles. The van der Waals surface area contributed by atoms with Crippen molar-refractivity contribution in [2.45, 2.75) is 38.5 Å². The van der Waals surface area contributed by atoms with Crippen molar-refractivity contribution in [2.24, 2.45) is 0 Å². The molecule has 0 N–H and O–H groups in total. The van der Waals surface area contributed by atoms with E-state index < -0.39 is 0 Å². The fraction of sp³-hybridized carbons (Fsp3) is 0.154. The van der Waals surface area contributed by atoms with Crippen molar-refractivity contribution in [2.75, 3.05) is 0 Å². The van der Waals surface area contributed by atoms with Crippen LogP contribution >= 0.6 is 0 Å². The molecule has 6 heterocycles. The highest BCUT2D eigenvalue weighted by Gasteiger charge is 2.44. The Labute approximate surface area is 250 Å². The van der Waals surface area contributed by atoms with Crippen LogP contribution in [0.5, 0.6) is 0 Å². The molecule has 0 saturated heterocycles. The van der Waals surface area contributed by atoms with Gasteiger partial charge in [0.05, 0.1) is 28.1 Å². The van der Waals surface area contributed by atoms with E-state index in [2.05, 4.69) is 129 Å². The predicted octanol–water partition coefficient (Wildman–Crippen LogP) is 9.25. The van der Waals surface area contributed by atoms with E-state index in [9.17, 15) is 0 Å². The summed E-state index contributed by atoms with van der Waals surface area (Å²) in [6.45, 7) is 9.43. The van der Waals surface area contributed by atoms with Gasteiger partial charge in [0.25, 0.3) is 0 Å². The molecule has 4 nitrogen and oxygen atoms in total. The average molecular weight is 555 g/mol. The number of pyridine rings is 3. The molecule has 0 aliphatic carbocycles. The zero-order valence-corrected chi connectivity index (χ0v) is 24.7. The second-order valence-corrected chi connectivity index (χ2v) is 13.0. The Hall–Kier alpha value is -5.09. The van der Waals surface area contributed by atoms with Gasteiger partial charge in [-0.25, -0.2) is 4.98 Å². The largest absolute Gasteiger partial charge is 0.305 e. The van der Waals surface area contributed by atoms with Crippen LogP contribution < -0.4 is 0 Å². The maximum Gasteiger partial charge on any atom is 0.115 e. The Balaban J connectivity index is 1.39. The highest BCUT2D eigenvalue weighted by Crippen LogP contribution is 2.55. The van der Waals surface area contributed by atoms with Crippen molar-refractivity contribution in [3.8, 4) is 39.3 Å². The third-order valence-electron chi connectivity index (χ3n) is 9.84. The van der Waals surface area contributed by atoms with E-state index in [4.69, 9.17) is 15.0 Å². The number of hydrogen-bond donors (Lipinski definition) is 0. The van der Waals surface area contributed by atoms with Crippen LogP contribution in [0.25, 0.3) is 61.4 Å². The zero-order chi connectivity index (χ0) is 29.1. The van der Waals surface area contributed by atoms with E-state index in [1.54, 1.807) is 0 Å².